The van der Waals surface area contributed by atoms with Gasteiger partial charge in [0.05, 0.1) is 28.6 Å². The molecule has 0 radical (unpaired) electrons. The first kappa shape index (κ1) is 27.4. The van der Waals surface area contributed by atoms with Crippen LogP contribution in [-0.2, 0) is 0 Å². The van der Waals surface area contributed by atoms with Crippen LogP contribution in [-0.4, -0.2) is 29.1 Å². The Kier molecular flexibility index (Phi) is 6.37. The zero-order valence-electron chi connectivity index (χ0n) is 25.6. The fraction of sp³-hybridized carbons (Fsp3) is 0. The Morgan fingerprint density at radius 2 is 1.02 bits per heavy atom. The highest BCUT2D eigenvalue weighted by atomic mass is 15.2. The third-order valence-corrected chi connectivity index (χ3v) is 8.60. The minimum absolute atomic E-state index is 0.504. The molecule has 0 fully saturated rings. The van der Waals surface area contributed by atoms with Crippen molar-refractivity contribution in [2.24, 2.45) is 0 Å². The molecule has 0 bridgehead atoms. The number of fused-ring (bicyclic) bond motifs is 4. The van der Waals surface area contributed by atoms with Crippen molar-refractivity contribution in [2.75, 3.05) is 0 Å². The Hall–Kier alpha value is -6.91. The van der Waals surface area contributed by atoms with Crippen LogP contribution >= 0.6 is 0 Å². The van der Waals surface area contributed by atoms with E-state index in [0.29, 0.717) is 23.3 Å². The van der Waals surface area contributed by atoms with Crippen molar-refractivity contribution in [2.45, 2.75) is 0 Å². The van der Waals surface area contributed by atoms with Crippen molar-refractivity contribution in [1.82, 2.24) is 29.1 Å². The Morgan fingerprint density at radius 1 is 0.458 bits per heavy atom. The summed E-state index contributed by atoms with van der Waals surface area (Å²) in [6, 6.07) is 50.6. The van der Waals surface area contributed by atoms with Crippen LogP contribution in [0.3, 0.4) is 0 Å². The Labute approximate surface area is 275 Å². The maximum Gasteiger partial charge on any atom is 0.238 e. The zero-order valence-corrected chi connectivity index (χ0v) is 25.6. The van der Waals surface area contributed by atoms with Crippen molar-refractivity contribution < 1.29 is 0 Å². The van der Waals surface area contributed by atoms with Crippen LogP contribution in [0.4, 0.5) is 5.69 Å². The summed E-state index contributed by atoms with van der Waals surface area (Å²) >= 11 is 0. The van der Waals surface area contributed by atoms with Gasteiger partial charge in [-0.25, -0.2) is 14.8 Å². The predicted molar refractivity (Wildman–Crippen MR) is 191 cm³/mol. The van der Waals surface area contributed by atoms with Crippen molar-refractivity contribution in [3.63, 3.8) is 0 Å². The maximum atomic E-state index is 7.79. The minimum Gasteiger partial charge on any atom is -0.292 e. The summed E-state index contributed by atoms with van der Waals surface area (Å²) in [5.41, 5.74) is 8.11. The first-order valence-corrected chi connectivity index (χ1v) is 15.6. The van der Waals surface area contributed by atoms with Gasteiger partial charge in [-0.3, -0.25) is 9.13 Å². The summed E-state index contributed by atoms with van der Waals surface area (Å²) in [7, 11) is 0. The van der Waals surface area contributed by atoms with Gasteiger partial charge in [-0.15, -0.1) is 0 Å². The van der Waals surface area contributed by atoms with E-state index in [1.165, 1.54) is 0 Å². The van der Waals surface area contributed by atoms with Crippen molar-refractivity contribution in [1.29, 1.82) is 0 Å². The van der Waals surface area contributed by atoms with Gasteiger partial charge in [0.15, 0.2) is 17.3 Å². The summed E-state index contributed by atoms with van der Waals surface area (Å²) in [6.45, 7) is 7.79. The lowest BCUT2D eigenvalue weighted by atomic mass is 10.1. The first-order chi connectivity index (χ1) is 23.7. The average molecular weight is 616 g/mol. The molecule has 224 valence electrons. The molecule has 0 spiro atoms. The summed E-state index contributed by atoms with van der Waals surface area (Å²) in [4.78, 5) is 23.8. The second kappa shape index (κ2) is 11.2. The third-order valence-electron chi connectivity index (χ3n) is 8.60. The summed E-state index contributed by atoms with van der Waals surface area (Å²) in [5.74, 6) is 2.53. The fourth-order valence-corrected chi connectivity index (χ4v) is 6.39. The van der Waals surface area contributed by atoms with Crippen LogP contribution in [0.15, 0.2) is 152 Å². The van der Waals surface area contributed by atoms with Gasteiger partial charge in [0.1, 0.15) is 5.82 Å². The summed E-state index contributed by atoms with van der Waals surface area (Å²) in [6.07, 6.45) is 0. The zero-order chi connectivity index (χ0) is 32.0. The second-order valence-corrected chi connectivity index (χ2v) is 11.5. The van der Waals surface area contributed by atoms with E-state index in [1.807, 2.05) is 115 Å². The first-order valence-electron chi connectivity index (χ1n) is 15.6. The Balaban J connectivity index is 1.33. The van der Waals surface area contributed by atoms with Crippen LogP contribution in [0.5, 0.6) is 0 Å². The van der Waals surface area contributed by atoms with E-state index in [9.17, 15) is 0 Å². The van der Waals surface area contributed by atoms with Crippen molar-refractivity contribution in [3.05, 3.63) is 163 Å². The molecule has 0 aliphatic rings. The maximum absolute atomic E-state index is 7.79. The van der Waals surface area contributed by atoms with Crippen LogP contribution < -0.4 is 0 Å². The van der Waals surface area contributed by atoms with E-state index in [2.05, 4.69) is 50.4 Å². The summed E-state index contributed by atoms with van der Waals surface area (Å²) < 4.78 is 4.28. The van der Waals surface area contributed by atoms with Crippen molar-refractivity contribution in [3.8, 4) is 45.8 Å². The second-order valence-electron chi connectivity index (χ2n) is 11.5. The number of benzene rings is 6. The molecule has 9 aromatic rings. The molecule has 9 rings (SSSR count). The van der Waals surface area contributed by atoms with E-state index < -0.39 is 0 Å². The number of aromatic nitrogens is 6. The van der Waals surface area contributed by atoms with E-state index in [-0.39, 0.29) is 0 Å². The molecule has 0 saturated carbocycles. The number of imidazole rings is 1. The van der Waals surface area contributed by atoms with Gasteiger partial charge >= 0.3 is 0 Å². The van der Waals surface area contributed by atoms with Gasteiger partial charge < -0.3 is 0 Å². The number of nitrogens with zero attached hydrogens (tertiary/aromatic N) is 7. The van der Waals surface area contributed by atoms with Crippen LogP contribution in [0.1, 0.15) is 0 Å². The molecule has 0 unspecified atom stereocenters. The highest BCUT2D eigenvalue weighted by Gasteiger charge is 2.20. The molecule has 0 saturated heterocycles. The van der Waals surface area contributed by atoms with E-state index in [4.69, 9.17) is 26.5 Å². The van der Waals surface area contributed by atoms with Gasteiger partial charge in [-0.2, -0.15) is 9.97 Å². The monoisotopic (exact) mass is 615 g/mol. The molecule has 7 heteroatoms. The minimum atomic E-state index is 0.504. The normalized spacial score (nSPS) is 11.3. The molecule has 7 nitrogen and oxygen atoms in total. The van der Waals surface area contributed by atoms with Crippen molar-refractivity contribution >= 4 is 38.5 Å². The topological polar surface area (TPSA) is 65.8 Å². The smallest absolute Gasteiger partial charge is 0.238 e. The molecular weight excluding hydrogens is 591 g/mol. The van der Waals surface area contributed by atoms with E-state index in [0.717, 1.165) is 61.0 Å². The SMILES string of the molecule is [C-]#[N+]c1ccc2c(c1)c1cc(-n3c(-c4ccccc4)nc4ccccc43)ccc1n2-c1nc(-c2ccccc2)nc(-c2ccccc2)n1. The number of hydrogen-bond donors (Lipinski definition) is 0. The van der Waals surface area contributed by atoms with Gasteiger partial charge in [-0.1, -0.05) is 109 Å². The van der Waals surface area contributed by atoms with Gasteiger partial charge in [0, 0.05) is 27.8 Å². The summed E-state index contributed by atoms with van der Waals surface area (Å²) in [5, 5.41) is 1.92. The number of rotatable bonds is 5. The number of hydrogen-bond acceptors (Lipinski definition) is 4. The van der Waals surface area contributed by atoms with E-state index >= 15 is 0 Å². The van der Waals surface area contributed by atoms with Crippen LogP contribution in [0.25, 0.3) is 83.5 Å². The molecular formula is C41H25N7. The molecule has 6 aromatic carbocycles. The van der Waals surface area contributed by atoms with Crippen LogP contribution in [0, 0.1) is 6.57 Å². The lowest BCUT2D eigenvalue weighted by molar-refractivity contribution is 0.953. The third kappa shape index (κ3) is 4.51. The van der Waals surface area contributed by atoms with Gasteiger partial charge in [-0.05, 0) is 47.9 Å². The molecule has 3 heterocycles. The highest BCUT2D eigenvalue weighted by Crippen LogP contribution is 2.37. The average Bonchev–Trinajstić information content (AvgIpc) is 3.71. The molecule has 0 amide bonds. The van der Waals surface area contributed by atoms with Crippen LogP contribution in [0.2, 0.25) is 0 Å². The van der Waals surface area contributed by atoms with Gasteiger partial charge in [0.25, 0.3) is 0 Å². The van der Waals surface area contributed by atoms with E-state index in [1.54, 1.807) is 0 Å². The molecule has 0 N–H and O–H groups in total. The molecule has 48 heavy (non-hydrogen) atoms. The molecule has 0 aliphatic heterocycles. The molecule has 0 atom stereocenters. The Morgan fingerprint density at radius 3 is 1.67 bits per heavy atom. The number of para-hydroxylation sites is 2. The lowest BCUT2D eigenvalue weighted by Gasteiger charge is -2.12. The largest absolute Gasteiger partial charge is 0.292 e. The fourth-order valence-electron chi connectivity index (χ4n) is 6.39. The molecule has 3 aromatic heterocycles. The Bertz CT molecular complexity index is 2610. The standard InChI is InChI=1S/C41H25N7/c1-42-30-21-23-35-32(25-30)33-26-31(47-37-20-12-11-19-34(37)43-40(47)29-17-9-4-10-18-29)22-24-36(33)48(35)41-45-38(27-13-5-2-6-14-27)44-39(46-41)28-15-7-3-8-16-28/h2-26H. The highest BCUT2D eigenvalue weighted by molar-refractivity contribution is 6.11. The quantitative estimate of drug-likeness (QED) is 0.181. The van der Waals surface area contributed by atoms with Gasteiger partial charge in [0.2, 0.25) is 5.95 Å². The lowest BCUT2D eigenvalue weighted by Crippen LogP contribution is -2.06. The predicted octanol–water partition coefficient (Wildman–Crippen LogP) is 9.86. The molecule has 0 aliphatic carbocycles.